The summed E-state index contributed by atoms with van der Waals surface area (Å²) in [5.41, 5.74) is 1.67. The van der Waals surface area contributed by atoms with E-state index in [2.05, 4.69) is 0 Å². The predicted molar refractivity (Wildman–Crippen MR) is 105 cm³/mol. The molecule has 6 heteroatoms. The molecule has 0 aliphatic heterocycles. The lowest BCUT2D eigenvalue weighted by Crippen LogP contribution is -2.37. The number of benzene rings is 2. The molecule has 0 radical (unpaired) electrons. The highest BCUT2D eigenvalue weighted by molar-refractivity contribution is 7.88. The van der Waals surface area contributed by atoms with Crippen LogP contribution in [0.2, 0.25) is 0 Å². The Kier molecular flexibility index (Phi) is 4.12. The van der Waals surface area contributed by atoms with E-state index in [1.807, 2.05) is 13.0 Å². The topological polar surface area (TPSA) is 77.5 Å². The summed E-state index contributed by atoms with van der Waals surface area (Å²) in [5, 5.41) is 0. The number of carbonyl (C=O) groups is 2. The van der Waals surface area contributed by atoms with Gasteiger partial charge in [0.25, 0.3) is 0 Å². The first-order valence-electron chi connectivity index (χ1n) is 8.85. The Balaban J connectivity index is 1.79. The molecule has 5 nitrogen and oxygen atoms in total. The Hall–Kier alpha value is -2.99. The van der Waals surface area contributed by atoms with Gasteiger partial charge in [-0.3, -0.25) is 9.59 Å². The third kappa shape index (κ3) is 2.72. The van der Waals surface area contributed by atoms with Gasteiger partial charge in [-0.05, 0) is 26.3 Å². The van der Waals surface area contributed by atoms with Crippen molar-refractivity contribution in [3.63, 3.8) is 0 Å². The monoisotopic (exact) mass is 394 g/mol. The van der Waals surface area contributed by atoms with Crippen LogP contribution in [0.3, 0.4) is 0 Å². The maximum absolute atomic E-state index is 13.0. The quantitative estimate of drug-likeness (QED) is 0.631. The van der Waals surface area contributed by atoms with Crippen LogP contribution in [0, 0.1) is 0 Å². The van der Waals surface area contributed by atoms with E-state index >= 15 is 0 Å². The number of hydrogen-bond acceptors (Lipinski definition) is 5. The van der Waals surface area contributed by atoms with Crippen molar-refractivity contribution in [2.24, 2.45) is 0 Å². The average Bonchev–Trinajstić information content (AvgIpc) is 2.68. The molecule has 0 saturated carbocycles. The van der Waals surface area contributed by atoms with Gasteiger partial charge in [0.05, 0.1) is 5.56 Å². The van der Waals surface area contributed by atoms with Gasteiger partial charge in [-0.1, -0.05) is 60.2 Å². The lowest BCUT2D eigenvalue weighted by atomic mass is 9.84. The number of fused-ring (bicyclic) bond motifs is 2. The molecule has 1 unspecified atom stereocenters. The molecular formula is C22H18O5S. The van der Waals surface area contributed by atoms with Gasteiger partial charge in [0.1, 0.15) is 4.75 Å². The predicted octanol–water partition coefficient (Wildman–Crippen LogP) is 3.84. The summed E-state index contributed by atoms with van der Waals surface area (Å²) in [6.07, 6.45) is 5.42. The zero-order valence-electron chi connectivity index (χ0n) is 15.4. The van der Waals surface area contributed by atoms with Crippen LogP contribution in [-0.2, 0) is 10.1 Å². The van der Waals surface area contributed by atoms with E-state index < -0.39 is 20.6 Å². The Morgan fingerprint density at radius 2 is 1.57 bits per heavy atom. The number of carbonyl (C=O) groups excluding carboxylic acids is 2. The summed E-state index contributed by atoms with van der Waals surface area (Å²) in [6, 6.07) is 10.9. The van der Waals surface area contributed by atoms with Crippen molar-refractivity contribution in [2.45, 2.75) is 25.0 Å². The molecule has 1 atom stereocenters. The lowest BCUT2D eigenvalue weighted by Gasteiger charge is -2.28. The maximum Gasteiger partial charge on any atom is 0.318 e. The Bertz CT molecular complexity index is 1190. The molecule has 28 heavy (non-hydrogen) atoms. The van der Waals surface area contributed by atoms with Gasteiger partial charge in [-0.2, -0.15) is 8.42 Å². The molecule has 2 aromatic carbocycles. The summed E-state index contributed by atoms with van der Waals surface area (Å²) in [5.74, 6) is -0.863. The van der Waals surface area contributed by atoms with Gasteiger partial charge >= 0.3 is 10.1 Å². The summed E-state index contributed by atoms with van der Waals surface area (Å²) in [6.45, 7) is 3.46. The van der Waals surface area contributed by atoms with Crippen molar-refractivity contribution in [3.05, 3.63) is 88.5 Å². The molecule has 2 aliphatic carbocycles. The fourth-order valence-corrected chi connectivity index (χ4v) is 4.48. The summed E-state index contributed by atoms with van der Waals surface area (Å²) in [7, 11) is -4.11. The van der Waals surface area contributed by atoms with E-state index in [1.165, 1.54) is 18.2 Å². The van der Waals surface area contributed by atoms with Crippen molar-refractivity contribution in [1.29, 1.82) is 0 Å². The van der Waals surface area contributed by atoms with Gasteiger partial charge < -0.3 is 4.18 Å². The molecule has 2 aliphatic rings. The number of ketones is 2. The summed E-state index contributed by atoms with van der Waals surface area (Å²) >= 11 is 0. The van der Waals surface area contributed by atoms with Crippen molar-refractivity contribution in [2.75, 3.05) is 0 Å². The van der Waals surface area contributed by atoms with Gasteiger partial charge in [0.2, 0.25) is 0 Å². The van der Waals surface area contributed by atoms with E-state index in [0.29, 0.717) is 5.56 Å². The second-order valence-electron chi connectivity index (χ2n) is 7.22. The smallest absolute Gasteiger partial charge is 0.318 e. The Morgan fingerprint density at radius 1 is 0.929 bits per heavy atom. The zero-order chi connectivity index (χ0) is 20.1. The lowest BCUT2D eigenvalue weighted by molar-refractivity contribution is 0.0977. The number of rotatable bonds is 3. The maximum atomic E-state index is 13.0. The highest BCUT2D eigenvalue weighted by atomic mass is 32.2. The van der Waals surface area contributed by atoms with Crippen molar-refractivity contribution < 1.29 is 22.2 Å². The minimum Gasteiger partial charge on any atom is -0.381 e. The molecule has 0 fully saturated rings. The van der Waals surface area contributed by atoms with E-state index in [0.717, 1.165) is 5.57 Å². The van der Waals surface area contributed by atoms with Gasteiger partial charge in [-0.25, -0.2) is 0 Å². The third-order valence-electron chi connectivity index (χ3n) is 5.21. The van der Waals surface area contributed by atoms with Crippen LogP contribution in [0.5, 0.6) is 5.75 Å². The third-order valence-corrected chi connectivity index (χ3v) is 7.06. The first-order valence-corrected chi connectivity index (χ1v) is 10.3. The number of hydrogen-bond donors (Lipinski definition) is 0. The van der Waals surface area contributed by atoms with Crippen molar-refractivity contribution >= 4 is 21.7 Å². The molecule has 0 spiro atoms. The fraction of sp³-hybridized carbons (Fsp3) is 0.182. The van der Waals surface area contributed by atoms with E-state index in [4.69, 9.17) is 4.18 Å². The normalized spacial score (nSPS) is 21.0. The highest BCUT2D eigenvalue weighted by Crippen LogP contribution is 2.36. The van der Waals surface area contributed by atoms with Gasteiger partial charge in [-0.15, -0.1) is 0 Å². The Morgan fingerprint density at radius 3 is 2.21 bits per heavy atom. The summed E-state index contributed by atoms with van der Waals surface area (Å²) in [4.78, 5) is 25.8. The van der Waals surface area contributed by atoms with Crippen LogP contribution < -0.4 is 4.18 Å². The van der Waals surface area contributed by atoms with Crippen LogP contribution in [0.1, 0.15) is 52.1 Å². The molecule has 0 aromatic heterocycles. The molecule has 0 bridgehead atoms. The van der Waals surface area contributed by atoms with Crippen molar-refractivity contribution in [1.82, 2.24) is 0 Å². The van der Waals surface area contributed by atoms with E-state index in [-0.39, 0.29) is 34.6 Å². The van der Waals surface area contributed by atoms with E-state index in [9.17, 15) is 18.0 Å². The fourth-order valence-electron chi connectivity index (χ4n) is 3.39. The minimum absolute atomic E-state index is 0.00936. The molecular weight excluding hydrogens is 376 g/mol. The van der Waals surface area contributed by atoms with Gasteiger partial charge in [0, 0.05) is 16.7 Å². The zero-order valence-corrected chi connectivity index (χ0v) is 16.2. The molecule has 0 N–H and O–H groups in total. The molecule has 4 rings (SSSR count). The molecule has 2 aromatic rings. The minimum atomic E-state index is -4.11. The molecule has 142 valence electrons. The van der Waals surface area contributed by atoms with Gasteiger partial charge in [0.15, 0.2) is 17.3 Å². The largest absolute Gasteiger partial charge is 0.381 e. The highest BCUT2D eigenvalue weighted by Gasteiger charge is 2.41. The molecule has 0 amide bonds. The second kappa shape index (κ2) is 6.27. The van der Waals surface area contributed by atoms with Crippen LogP contribution in [0.4, 0.5) is 0 Å². The van der Waals surface area contributed by atoms with Crippen LogP contribution >= 0.6 is 0 Å². The second-order valence-corrected chi connectivity index (χ2v) is 9.23. The molecule has 0 heterocycles. The molecule has 0 saturated heterocycles. The van der Waals surface area contributed by atoms with Crippen LogP contribution in [0.15, 0.2) is 66.3 Å². The van der Waals surface area contributed by atoms with Crippen molar-refractivity contribution in [3.8, 4) is 5.75 Å². The number of allylic oxidation sites excluding steroid dienone is 3. The van der Waals surface area contributed by atoms with Crippen LogP contribution in [-0.4, -0.2) is 24.7 Å². The standard InChI is InChI=1S/C22H18O5S/c1-14-10-12-22(2,13-11-14)28(25,26)27-18-9-5-8-17-19(18)21(24)16-7-4-3-6-15(16)20(17)23/h3-12H,13H2,1-2H3. The summed E-state index contributed by atoms with van der Waals surface area (Å²) < 4.78 is 30.2. The average molecular weight is 394 g/mol. The SMILES string of the molecule is CC1=CCC(C)(S(=O)(=O)Oc2cccc3c2C(=O)c2ccccc2C3=O)C=C1. The Labute approximate surface area is 163 Å². The van der Waals surface area contributed by atoms with Crippen LogP contribution in [0.25, 0.3) is 0 Å². The first-order chi connectivity index (χ1) is 13.2. The first kappa shape index (κ1) is 18.4. The van der Waals surface area contributed by atoms with E-state index in [1.54, 1.807) is 43.3 Å².